The van der Waals surface area contributed by atoms with Crippen LogP contribution in [0.25, 0.3) is 0 Å². The maximum absolute atomic E-state index is 14.3. The third-order valence-electron chi connectivity index (χ3n) is 3.81. The summed E-state index contributed by atoms with van der Waals surface area (Å²) in [5.41, 5.74) is -0.264. The number of benzene rings is 1. The molecule has 1 aliphatic carbocycles. The Kier molecular flexibility index (Phi) is 4.95. The van der Waals surface area contributed by atoms with Gasteiger partial charge in [0.1, 0.15) is 10.7 Å². The molecule has 0 amide bonds. The van der Waals surface area contributed by atoms with Gasteiger partial charge >= 0.3 is 0 Å². The molecule has 2 N–H and O–H groups in total. The van der Waals surface area contributed by atoms with E-state index in [4.69, 9.17) is 0 Å². The van der Waals surface area contributed by atoms with E-state index < -0.39 is 26.6 Å². The molecule has 0 saturated heterocycles. The van der Waals surface area contributed by atoms with E-state index in [0.29, 0.717) is 5.92 Å². The Morgan fingerprint density at radius 3 is 2.57 bits per heavy atom. The van der Waals surface area contributed by atoms with Gasteiger partial charge in [-0.3, -0.25) is 0 Å². The molecule has 2 unspecified atom stereocenters. The standard InChI is InChI=1S/C14H20F2N2O2S/c1-9-3-4-10(7-9)18-21(19,20)13-6-5-12(15)11(8-17-2)14(13)16/h5-6,9-10,17-18H,3-4,7-8H2,1-2H3. The van der Waals surface area contributed by atoms with Crippen molar-refractivity contribution in [2.45, 2.75) is 43.7 Å². The summed E-state index contributed by atoms with van der Waals surface area (Å²) in [6.07, 6.45) is 2.43. The molecule has 118 valence electrons. The second-order valence-electron chi connectivity index (χ2n) is 5.60. The molecule has 1 aliphatic rings. The van der Waals surface area contributed by atoms with E-state index in [1.54, 1.807) is 0 Å². The van der Waals surface area contributed by atoms with Crippen molar-refractivity contribution in [2.75, 3.05) is 7.05 Å². The van der Waals surface area contributed by atoms with Gasteiger partial charge in [0.2, 0.25) is 10.0 Å². The van der Waals surface area contributed by atoms with Gasteiger partial charge in [-0.05, 0) is 44.4 Å². The molecule has 0 aromatic heterocycles. The summed E-state index contributed by atoms with van der Waals surface area (Å²) in [7, 11) is -2.43. The van der Waals surface area contributed by atoms with Crippen molar-refractivity contribution < 1.29 is 17.2 Å². The van der Waals surface area contributed by atoms with Crippen LogP contribution in [-0.2, 0) is 16.6 Å². The van der Waals surface area contributed by atoms with Gasteiger partial charge in [-0.1, -0.05) is 6.92 Å². The normalized spacial score (nSPS) is 22.7. The highest BCUT2D eigenvalue weighted by atomic mass is 32.2. The molecule has 7 heteroatoms. The largest absolute Gasteiger partial charge is 0.315 e. The lowest BCUT2D eigenvalue weighted by Crippen LogP contribution is -2.33. The van der Waals surface area contributed by atoms with Crippen LogP contribution in [0.1, 0.15) is 31.7 Å². The lowest BCUT2D eigenvalue weighted by molar-refractivity contribution is 0.509. The topological polar surface area (TPSA) is 58.2 Å². The molecule has 1 fully saturated rings. The molecule has 2 atom stereocenters. The number of sulfonamides is 1. The molecule has 0 bridgehead atoms. The number of hydrogen-bond donors (Lipinski definition) is 2. The number of halogens is 2. The van der Waals surface area contributed by atoms with Gasteiger partial charge in [0, 0.05) is 18.2 Å². The average Bonchev–Trinajstić information content (AvgIpc) is 2.78. The van der Waals surface area contributed by atoms with Crippen LogP contribution in [0.4, 0.5) is 8.78 Å². The molecule has 1 aromatic carbocycles. The molecular weight excluding hydrogens is 298 g/mol. The molecule has 1 aromatic rings. The quantitative estimate of drug-likeness (QED) is 0.874. The summed E-state index contributed by atoms with van der Waals surface area (Å²) >= 11 is 0. The van der Waals surface area contributed by atoms with Crippen molar-refractivity contribution in [3.05, 3.63) is 29.3 Å². The van der Waals surface area contributed by atoms with Crippen molar-refractivity contribution in [3.8, 4) is 0 Å². The maximum atomic E-state index is 14.3. The van der Waals surface area contributed by atoms with Crippen LogP contribution in [0.15, 0.2) is 17.0 Å². The van der Waals surface area contributed by atoms with Gasteiger partial charge in [0.25, 0.3) is 0 Å². The van der Waals surface area contributed by atoms with Gasteiger partial charge in [-0.15, -0.1) is 0 Å². The molecular formula is C14H20F2N2O2S. The van der Waals surface area contributed by atoms with E-state index in [9.17, 15) is 17.2 Å². The predicted octanol–water partition coefficient (Wildman–Crippen LogP) is 2.15. The zero-order valence-electron chi connectivity index (χ0n) is 12.1. The maximum Gasteiger partial charge on any atom is 0.243 e. The van der Waals surface area contributed by atoms with Crippen LogP contribution in [-0.4, -0.2) is 21.5 Å². The van der Waals surface area contributed by atoms with Crippen LogP contribution in [0.2, 0.25) is 0 Å². The van der Waals surface area contributed by atoms with Crippen LogP contribution in [0.5, 0.6) is 0 Å². The van der Waals surface area contributed by atoms with Gasteiger partial charge in [0.15, 0.2) is 5.82 Å². The highest BCUT2D eigenvalue weighted by molar-refractivity contribution is 7.89. The Hall–Kier alpha value is -1.05. The summed E-state index contributed by atoms with van der Waals surface area (Å²) in [5.74, 6) is -1.33. The fourth-order valence-electron chi connectivity index (χ4n) is 2.72. The monoisotopic (exact) mass is 318 g/mol. The van der Waals surface area contributed by atoms with E-state index in [1.807, 2.05) is 0 Å². The van der Waals surface area contributed by atoms with E-state index in [1.165, 1.54) is 7.05 Å². The average molecular weight is 318 g/mol. The van der Waals surface area contributed by atoms with Crippen molar-refractivity contribution in [3.63, 3.8) is 0 Å². The van der Waals surface area contributed by atoms with Crippen LogP contribution >= 0.6 is 0 Å². The molecule has 21 heavy (non-hydrogen) atoms. The first kappa shape index (κ1) is 16.3. The fourth-order valence-corrected chi connectivity index (χ4v) is 4.11. The zero-order valence-corrected chi connectivity index (χ0v) is 12.9. The summed E-state index contributed by atoms with van der Waals surface area (Å²) in [6, 6.07) is 1.79. The summed E-state index contributed by atoms with van der Waals surface area (Å²) < 4.78 is 54.9. The lowest BCUT2D eigenvalue weighted by Gasteiger charge is -2.15. The molecule has 2 rings (SSSR count). The van der Waals surface area contributed by atoms with Crippen molar-refractivity contribution >= 4 is 10.0 Å². The van der Waals surface area contributed by atoms with Crippen LogP contribution < -0.4 is 10.0 Å². The molecule has 0 aliphatic heterocycles. The molecule has 0 heterocycles. The van der Waals surface area contributed by atoms with Crippen molar-refractivity contribution in [1.82, 2.24) is 10.0 Å². The minimum atomic E-state index is -3.97. The van der Waals surface area contributed by atoms with E-state index in [2.05, 4.69) is 17.0 Å². The third kappa shape index (κ3) is 3.59. The smallest absolute Gasteiger partial charge is 0.243 e. The van der Waals surface area contributed by atoms with Crippen LogP contribution in [0.3, 0.4) is 0 Å². The van der Waals surface area contributed by atoms with Gasteiger partial charge in [-0.2, -0.15) is 0 Å². The number of hydrogen-bond acceptors (Lipinski definition) is 3. The number of rotatable bonds is 5. The Balaban J connectivity index is 2.29. The molecule has 0 radical (unpaired) electrons. The predicted molar refractivity (Wildman–Crippen MR) is 76.2 cm³/mol. The molecule has 0 spiro atoms. The fraction of sp³-hybridized carbons (Fsp3) is 0.571. The lowest BCUT2D eigenvalue weighted by atomic mass is 10.1. The highest BCUT2D eigenvalue weighted by Gasteiger charge is 2.29. The second-order valence-corrected chi connectivity index (χ2v) is 7.29. The number of nitrogens with one attached hydrogen (secondary N) is 2. The first-order valence-corrected chi connectivity index (χ1v) is 8.47. The molecule has 4 nitrogen and oxygen atoms in total. The Morgan fingerprint density at radius 1 is 1.29 bits per heavy atom. The van der Waals surface area contributed by atoms with Gasteiger partial charge < -0.3 is 5.32 Å². The second kappa shape index (κ2) is 6.37. The first-order chi connectivity index (χ1) is 9.85. The Morgan fingerprint density at radius 2 is 2.00 bits per heavy atom. The minimum Gasteiger partial charge on any atom is -0.315 e. The summed E-state index contributed by atoms with van der Waals surface area (Å²) in [6.45, 7) is 1.99. The van der Waals surface area contributed by atoms with E-state index >= 15 is 0 Å². The Bertz CT molecular complexity index is 620. The third-order valence-corrected chi connectivity index (χ3v) is 5.35. The van der Waals surface area contributed by atoms with Crippen molar-refractivity contribution in [2.24, 2.45) is 5.92 Å². The summed E-state index contributed by atoms with van der Waals surface area (Å²) in [5, 5.41) is 2.63. The molecule has 1 saturated carbocycles. The van der Waals surface area contributed by atoms with Gasteiger partial charge in [0.05, 0.1) is 0 Å². The van der Waals surface area contributed by atoms with Crippen LogP contribution in [0, 0.1) is 17.6 Å². The first-order valence-electron chi connectivity index (χ1n) is 6.99. The van der Waals surface area contributed by atoms with Crippen molar-refractivity contribution in [1.29, 1.82) is 0 Å². The highest BCUT2D eigenvalue weighted by Crippen LogP contribution is 2.27. The zero-order chi connectivity index (χ0) is 15.6. The Labute approximate surface area is 124 Å². The van der Waals surface area contributed by atoms with E-state index in [0.717, 1.165) is 31.4 Å². The minimum absolute atomic E-state index is 0.0680. The van der Waals surface area contributed by atoms with Gasteiger partial charge in [-0.25, -0.2) is 21.9 Å². The van der Waals surface area contributed by atoms with E-state index in [-0.39, 0.29) is 18.2 Å². The summed E-state index contributed by atoms with van der Waals surface area (Å²) in [4.78, 5) is -0.492. The SMILES string of the molecule is CNCc1c(F)ccc(S(=O)(=O)NC2CCC(C)C2)c1F.